The van der Waals surface area contributed by atoms with Crippen LogP contribution < -0.4 is 0 Å². The van der Waals surface area contributed by atoms with Gasteiger partial charge in [0.25, 0.3) is 0 Å². The van der Waals surface area contributed by atoms with Gasteiger partial charge in [0.05, 0.1) is 0 Å². The van der Waals surface area contributed by atoms with Crippen LogP contribution in [0.15, 0.2) is 24.3 Å². The van der Waals surface area contributed by atoms with Crippen LogP contribution in [0.3, 0.4) is 0 Å². The van der Waals surface area contributed by atoms with Gasteiger partial charge in [-0.1, -0.05) is 12.1 Å². The summed E-state index contributed by atoms with van der Waals surface area (Å²) in [5.41, 5.74) is 0.887. The maximum absolute atomic E-state index is 12.7. The number of ketones is 1. The molecule has 1 fully saturated rings. The van der Waals surface area contributed by atoms with E-state index in [-0.39, 0.29) is 17.5 Å². The lowest BCUT2D eigenvalue weighted by Crippen LogP contribution is -2.24. The summed E-state index contributed by atoms with van der Waals surface area (Å²) in [6, 6.07) is 6.14. The molecule has 2 nitrogen and oxygen atoms in total. The average molecular weight is 222 g/mol. The quantitative estimate of drug-likeness (QED) is 0.784. The summed E-state index contributed by atoms with van der Waals surface area (Å²) < 4.78 is 17.9. The first-order valence-corrected chi connectivity index (χ1v) is 5.60. The van der Waals surface area contributed by atoms with E-state index in [4.69, 9.17) is 4.74 Å². The Morgan fingerprint density at radius 1 is 1.25 bits per heavy atom. The van der Waals surface area contributed by atoms with Crippen LogP contribution in [0.1, 0.15) is 18.4 Å². The van der Waals surface area contributed by atoms with Crippen molar-refractivity contribution in [2.24, 2.45) is 5.92 Å². The second kappa shape index (κ2) is 5.21. The molecule has 1 saturated heterocycles. The van der Waals surface area contributed by atoms with Gasteiger partial charge < -0.3 is 4.74 Å². The Balaban J connectivity index is 1.93. The minimum atomic E-state index is -0.262. The largest absolute Gasteiger partial charge is 0.381 e. The molecule has 0 N–H and O–H groups in total. The molecule has 1 aromatic carbocycles. The Bertz CT molecular complexity index is 353. The first-order chi connectivity index (χ1) is 7.75. The van der Waals surface area contributed by atoms with Crippen molar-refractivity contribution in [1.82, 2.24) is 0 Å². The highest BCUT2D eigenvalue weighted by Crippen LogP contribution is 2.18. The predicted octanol–water partition coefficient (Wildman–Crippen LogP) is 2.36. The molecule has 0 bridgehead atoms. The molecule has 0 atom stereocenters. The average Bonchev–Trinajstić information content (AvgIpc) is 2.33. The fraction of sp³-hybridized carbons (Fsp3) is 0.462. The van der Waals surface area contributed by atoms with E-state index >= 15 is 0 Å². The fourth-order valence-electron chi connectivity index (χ4n) is 1.97. The number of halogens is 1. The number of hydrogen-bond acceptors (Lipinski definition) is 2. The monoisotopic (exact) mass is 222 g/mol. The molecule has 0 radical (unpaired) electrons. The van der Waals surface area contributed by atoms with E-state index < -0.39 is 0 Å². The van der Waals surface area contributed by atoms with Crippen molar-refractivity contribution in [1.29, 1.82) is 0 Å². The lowest BCUT2D eigenvalue weighted by atomic mass is 9.91. The SMILES string of the molecule is O=C(Cc1ccc(F)cc1)C1CCOCC1. The Morgan fingerprint density at radius 2 is 1.88 bits per heavy atom. The lowest BCUT2D eigenvalue weighted by molar-refractivity contribution is -0.125. The molecule has 0 aliphatic carbocycles. The van der Waals surface area contributed by atoms with Gasteiger partial charge in [-0.15, -0.1) is 0 Å². The maximum atomic E-state index is 12.7. The molecule has 1 aliphatic heterocycles. The summed E-state index contributed by atoms with van der Waals surface area (Å²) in [4.78, 5) is 11.9. The molecule has 0 amide bonds. The van der Waals surface area contributed by atoms with E-state index in [0.717, 1.165) is 18.4 Å². The summed E-state index contributed by atoms with van der Waals surface area (Å²) in [6.45, 7) is 1.36. The normalized spacial score (nSPS) is 17.3. The molecule has 86 valence electrons. The van der Waals surface area contributed by atoms with Gasteiger partial charge in [-0.25, -0.2) is 4.39 Å². The molecular weight excluding hydrogens is 207 g/mol. The highest BCUT2D eigenvalue weighted by Gasteiger charge is 2.21. The molecule has 0 unspecified atom stereocenters. The summed E-state index contributed by atoms with van der Waals surface area (Å²) in [7, 11) is 0. The zero-order valence-corrected chi connectivity index (χ0v) is 9.12. The summed E-state index contributed by atoms with van der Waals surface area (Å²) in [5.74, 6) is 0.107. The maximum Gasteiger partial charge on any atom is 0.140 e. The van der Waals surface area contributed by atoms with Crippen molar-refractivity contribution in [3.05, 3.63) is 35.6 Å². The molecule has 3 heteroatoms. The van der Waals surface area contributed by atoms with Crippen LogP contribution in [0.4, 0.5) is 4.39 Å². The zero-order chi connectivity index (χ0) is 11.4. The van der Waals surface area contributed by atoms with Crippen molar-refractivity contribution in [2.45, 2.75) is 19.3 Å². The molecule has 0 spiro atoms. The molecule has 0 saturated carbocycles. The predicted molar refractivity (Wildman–Crippen MR) is 58.7 cm³/mol. The number of ether oxygens (including phenoxy) is 1. The number of carbonyl (C=O) groups is 1. The van der Waals surface area contributed by atoms with E-state index in [2.05, 4.69) is 0 Å². The van der Waals surface area contributed by atoms with Gasteiger partial charge in [0.1, 0.15) is 11.6 Å². The first kappa shape index (κ1) is 11.3. The Labute approximate surface area is 94.4 Å². The van der Waals surface area contributed by atoms with Gasteiger partial charge in [-0.3, -0.25) is 4.79 Å². The van der Waals surface area contributed by atoms with Gasteiger partial charge in [0.2, 0.25) is 0 Å². The second-order valence-corrected chi connectivity index (χ2v) is 4.16. The van der Waals surface area contributed by atoms with Gasteiger partial charge in [-0.2, -0.15) is 0 Å². The van der Waals surface area contributed by atoms with Crippen molar-refractivity contribution < 1.29 is 13.9 Å². The molecule has 1 aromatic rings. The zero-order valence-electron chi connectivity index (χ0n) is 9.12. The van der Waals surface area contributed by atoms with Crippen LogP contribution >= 0.6 is 0 Å². The Hall–Kier alpha value is -1.22. The topological polar surface area (TPSA) is 26.3 Å². The Morgan fingerprint density at radius 3 is 2.50 bits per heavy atom. The van der Waals surface area contributed by atoms with Crippen molar-refractivity contribution in [3.8, 4) is 0 Å². The van der Waals surface area contributed by atoms with E-state index in [0.29, 0.717) is 19.6 Å². The van der Waals surface area contributed by atoms with E-state index in [9.17, 15) is 9.18 Å². The first-order valence-electron chi connectivity index (χ1n) is 5.60. The van der Waals surface area contributed by atoms with Crippen molar-refractivity contribution >= 4 is 5.78 Å². The third-order valence-electron chi connectivity index (χ3n) is 2.97. The van der Waals surface area contributed by atoms with Gasteiger partial charge in [-0.05, 0) is 30.5 Å². The van der Waals surface area contributed by atoms with Crippen LogP contribution in [0.2, 0.25) is 0 Å². The van der Waals surface area contributed by atoms with Crippen LogP contribution in [0.25, 0.3) is 0 Å². The van der Waals surface area contributed by atoms with Gasteiger partial charge in [0.15, 0.2) is 0 Å². The van der Waals surface area contributed by atoms with Crippen LogP contribution in [0.5, 0.6) is 0 Å². The number of Topliss-reactive ketones (excluding diaryl/α,β-unsaturated/α-hetero) is 1. The lowest BCUT2D eigenvalue weighted by Gasteiger charge is -2.20. The van der Waals surface area contributed by atoms with Crippen LogP contribution in [0, 0.1) is 11.7 Å². The smallest absolute Gasteiger partial charge is 0.140 e. The van der Waals surface area contributed by atoms with E-state index in [1.807, 2.05) is 0 Å². The number of benzene rings is 1. The molecule has 2 rings (SSSR count). The summed E-state index contributed by atoms with van der Waals surface area (Å²) in [5, 5.41) is 0. The standard InChI is InChI=1S/C13H15FO2/c14-12-3-1-10(2-4-12)9-13(15)11-5-7-16-8-6-11/h1-4,11H,5-9H2. The molecule has 1 aliphatic rings. The summed E-state index contributed by atoms with van der Waals surface area (Å²) in [6.07, 6.45) is 2.05. The number of hydrogen-bond donors (Lipinski definition) is 0. The highest BCUT2D eigenvalue weighted by atomic mass is 19.1. The number of carbonyl (C=O) groups excluding carboxylic acids is 1. The highest BCUT2D eigenvalue weighted by molar-refractivity contribution is 5.83. The molecule has 0 aromatic heterocycles. The van der Waals surface area contributed by atoms with Crippen LogP contribution in [-0.4, -0.2) is 19.0 Å². The molecular formula is C13H15FO2. The molecule has 16 heavy (non-hydrogen) atoms. The van der Waals surface area contributed by atoms with Gasteiger partial charge >= 0.3 is 0 Å². The van der Waals surface area contributed by atoms with E-state index in [1.165, 1.54) is 12.1 Å². The fourth-order valence-corrected chi connectivity index (χ4v) is 1.97. The van der Waals surface area contributed by atoms with E-state index in [1.54, 1.807) is 12.1 Å². The van der Waals surface area contributed by atoms with Gasteiger partial charge in [0, 0.05) is 25.6 Å². The Kier molecular flexibility index (Phi) is 3.67. The van der Waals surface area contributed by atoms with Crippen LogP contribution in [-0.2, 0) is 16.0 Å². The third kappa shape index (κ3) is 2.89. The van der Waals surface area contributed by atoms with Crippen molar-refractivity contribution in [2.75, 3.05) is 13.2 Å². The minimum Gasteiger partial charge on any atom is -0.381 e. The van der Waals surface area contributed by atoms with Crippen molar-refractivity contribution in [3.63, 3.8) is 0 Å². The molecule has 1 heterocycles. The minimum absolute atomic E-state index is 0.124. The third-order valence-corrected chi connectivity index (χ3v) is 2.97. The summed E-state index contributed by atoms with van der Waals surface area (Å²) >= 11 is 0. The second-order valence-electron chi connectivity index (χ2n) is 4.16. The number of rotatable bonds is 3.